The van der Waals surface area contributed by atoms with E-state index >= 15 is 0 Å². The van der Waals surface area contributed by atoms with Crippen molar-refractivity contribution in [3.8, 4) is 11.1 Å². The third-order valence-electron chi connectivity index (χ3n) is 7.18. The number of hydrogen-bond donors (Lipinski definition) is 0. The Hall–Kier alpha value is -3.58. The fourth-order valence-electron chi connectivity index (χ4n) is 5.21. The maximum absolute atomic E-state index is 13.1. The summed E-state index contributed by atoms with van der Waals surface area (Å²) in [7, 11) is 0. The normalized spacial score (nSPS) is 13.0. The highest BCUT2D eigenvalue weighted by atomic mass is 35.5. The molecule has 0 saturated carbocycles. The van der Waals surface area contributed by atoms with Gasteiger partial charge in [0.25, 0.3) is 0 Å². The SMILES string of the molecule is CC(C)CC(c1ccc(C(=O)CCCC(=O)OC(C)(C)C)cc1)n1ccc2cc(-c3ccc(C(F)(F)F)cc3Cl)ccc21. The number of rotatable bonds is 10. The van der Waals surface area contributed by atoms with Gasteiger partial charge >= 0.3 is 12.1 Å². The molecule has 4 nitrogen and oxygen atoms in total. The first-order chi connectivity index (χ1) is 20.1. The van der Waals surface area contributed by atoms with Gasteiger partial charge in [-0.2, -0.15) is 13.2 Å². The second-order valence-corrected chi connectivity index (χ2v) is 12.7. The summed E-state index contributed by atoms with van der Waals surface area (Å²) in [5.74, 6) is 0.0685. The molecule has 1 aromatic heterocycles. The summed E-state index contributed by atoms with van der Waals surface area (Å²) in [5.41, 5.74) is 2.60. The molecule has 1 heterocycles. The van der Waals surface area contributed by atoms with Crippen LogP contribution in [0.1, 0.15) is 87.8 Å². The number of alkyl halides is 3. The van der Waals surface area contributed by atoms with E-state index in [4.69, 9.17) is 16.3 Å². The molecule has 0 spiro atoms. The van der Waals surface area contributed by atoms with E-state index in [0.29, 0.717) is 23.5 Å². The standard InChI is InChI=1S/C35H37ClF3NO3/c1-22(2)19-31(23-9-11-24(12-10-23)32(41)7-6-8-33(42)43-34(3,4)5)40-18-17-26-20-25(13-16-30(26)40)28-15-14-27(21-29(28)36)35(37,38)39/h9-18,20-22,31H,6-8,19H2,1-5H3. The lowest BCUT2D eigenvalue weighted by Crippen LogP contribution is -2.23. The Labute approximate surface area is 255 Å². The average molecular weight is 612 g/mol. The molecule has 0 N–H and O–H groups in total. The zero-order valence-corrected chi connectivity index (χ0v) is 25.9. The molecule has 0 aliphatic carbocycles. The van der Waals surface area contributed by atoms with Gasteiger partial charge in [-0.05, 0) is 81.0 Å². The summed E-state index contributed by atoms with van der Waals surface area (Å²) < 4.78 is 46.8. The number of ether oxygens (including phenoxy) is 1. The van der Waals surface area contributed by atoms with Crippen LogP contribution in [0, 0.1) is 5.92 Å². The Bertz CT molecular complexity index is 1600. The molecule has 228 valence electrons. The molecule has 3 aromatic carbocycles. The number of ketones is 1. The number of Topliss-reactive ketones (excluding diaryl/α,β-unsaturated/α-hetero) is 1. The third-order valence-corrected chi connectivity index (χ3v) is 7.49. The lowest BCUT2D eigenvalue weighted by molar-refractivity contribution is -0.154. The van der Waals surface area contributed by atoms with Crippen LogP contribution >= 0.6 is 11.6 Å². The van der Waals surface area contributed by atoms with Gasteiger partial charge in [-0.3, -0.25) is 9.59 Å². The predicted molar refractivity (Wildman–Crippen MR) is 165 cm³/mol. The summed E-state index contributed by atoms with van der Waals surface area (Å²) in [5, 5.41) is 0.991. The van der Waals surface area contributed by atoms with E-state index in [1.54, 1.807) is 0 Å². The van der Waals surface area contributed by atoms with Gasteiger partial charge in [0.1, 0.15) is 5.60 Å². The molecule has 4 rings (SSSR count). The minimum absolute atomic E-state index is 0.00864. The van der Waals surface area contributed by atoms with E-state index in [0.717, 1.165) is 40.6 Å². The van der Waals surface area contributed by atoms with Crippen LogP contribution in [-0.2, 0) is 15.7 Å². The zero-order chi connectivity index (χ0) is 31.5. The van der Waals surface area contributed by atoms with Crippen molar-refractivity contribution in [1.29, 1.82) is 0 Å². The van der Waals surface area contributed by atoms with E-state index in [2.05, 4.69) is 18.4 Å². The molecule has 0 radical (unpaired) electrons. The van der Waals surface area contributed by atoms with Gasteiger partial charge in [0.15, 0.2) is 5.78 Å². The van der Waals surface area contributed by atoms with Gasteiger partial charge in [0.2, 0.25) is 0 Å². The first kappa shape index (κ1) is 32.3. The molecule has 0 aliphatic rings. The van der Waals surface area contributed by atoms with E-state index in [9.17, 15) is 22.8 Å². The number of esters is 1. The highest BCUT2D eigenvalue weighted by Gasteiger charge is 2.31. The van der Waals surface area contributed by atoms with Gasteiger partial charge in [-0.1, -0.05) is 61.8 Å². The van der Waals surface area contributed by atoms with Crippen molar-refractivity contribution in [3.63, 3.8) is 0 Å². The van der Waals surface area contributed by atoms with Crippen molar-refractivity contribution in [1.82, 2.24) is 4.57 Å². The first-order valence-electron chi connectivity index (χ1n) is 14.4. The summed E-state index contributed by atoms with van der Waals surface area (Å²) in [6.07, 6.45) is -0.680. The van der Waals surface area contributed by atoms with Crippen LogP contribution in [0.3, 0.4) is 0 Å². The number of halogens is 4. The summed E-state index contributed by atoms with van der Waals surface area (Å²) in [6.45, 7) is 9.77. The molecule has 0 aliphatic heterocycles. The summed E-state index contributed by atoms with van der Waals surface area (Å²) in [6, 6.07) is 18.8. The monoisotopic (exact) mass is 611 g/mol. The van der Waals surface area contributed by atoms with Crippen LogP contribution in [0.2, 0.25) is 5.02 Å². The smallest absolute Gasteiger partial charge is 0.416 e. The Morgan fingerprint density at radius 2 is 1.60 bits per heavy atom. The molecule has 1 atom stereocenters. The maximum atomic E-state index is 13.1. The zero-order valence-electron chi connectivity index (χ0n) is 25.1. The Kier molecular flexibility index (Phi) is 9.75. The Morgan fingerprint density at radius 3 is 2.21 bits per heavy atom. The highest BCUT2D eigenvalue weighted by molar-refractivity contribution is 6.33. The fourth-order valence-corrected chi connectivity index (χ4v) is 5.50. The van der Waals surface area contributed by atoms with E-state index in [1.165, 1.54) is 6.07 Å². The molecule has 1 unspecified atom stereocenters. The number of hydrogen-bond acceptors (Lipinski definition) is 3. The van der Waals surface area contributed by atoms with Gasteiger partial charge in [0.05, 0.1) is 11.6 Å². The van der Waals surface area contributed by atoms with Gasteiger partial charge in [-0.15, -0.1) is 0 Å². The van der Waals surface area contributed by atoms with Gasteiger partial charge in [-0.25, -0.2) is 0 Å². The van der Waals surface area contributed by atoms with Crippen molar-refractivity contribution in [2.24, 2.45) is 5.92 Å². The van der Waals surface area contributed by atoms with Crippen molar-refractivity contribution >= 4 is 34.3 Å². The third kappa shape index (κ3) is 8.29. The van der Waals surface area contributed by atoms with Crippen LogP contribution in [0.15, 0.2) is 72.9 Å². The van der Waals surface area contributed by atoms with Crippen molar-refractivity contribution in [2.75, 3.05) is 0 Å². The number of nitrogens with zero attached hydrogens (tertiary/aromatic N) is 1. The molecular formula is C35H37ClF3NO3. The van der Waals surface area contributed by atoms with E-state index < -0.39 is 17.3 Å². The number of carbonyl (C=O) groups is 2. The number of fused-ring (bicyclic) bond motifs is 1. The second-order valence-electron chi connectivity index (χ2n) is 12.3. The molecule has 0 saturated heterocycles. The van der Waals surface area contributed by atoms with Crippen LogP contribution < -0.4 is 0 Å². The molecule has 4 aromatic rings. The van der Waals surface area contributed by atoms with Crippen molar-refractivity contribution in [3.05, 3.63) is 94.6 Å². The maximum Gasteiger partial charge on any atom is 0.416 e. The van der Waals surface area contributed by atoms with Crippen molar-refractivity contribution < 1.29 is 27.5 Å². The van der Waals surface area contributed by atoms with Crippen LogP contribution in [0.4, 0.5) is 13.2 Å². The minimum Gasteiger partial charge on any atom is -0.460 e. The topological polar surface area (TPSA) is 48.3 Å². The van der Waals surface area contributed by atoms with E-state index in [1.807, 2.05) is 75.5 Å². The van der Waals surface area contributed by atoms with Crippen LogP contribution in [-0.4, -0.2) is 21.9 Å². The largest absolute Gasteiger partial charge is 0.460 e. The summed E-state index contributed by atoms with van der Waals surface area (Å²) in [4.78, 5) is 24.8. The quantitative estimate of drug-likeness (QED) is 0.132. The Morgan fingerprint density at radius 1 is 0.907 bits per heavy atom. The lowest BCUT2D eigenvalue weighted by Gasteiger charge is -2.23. The molecular weight excluding hydrogens is 575 g/mol. The predicted octanol–water partition coefficient (Wildman–Crippen LogP) is 10.3. The van der Waals surface area contributed by atoms with E-state index in [-0.39, 0.29) is 35.7 Å². The average Bonchev–Trinajstić information content (AvgIpc) is 3.33. The molecule has 43 heavy (non-hydrogen) atoms. The van der Waals surface area contributed by atoms with Crippen LogP contribution in [0.25, 0.3) is 22.0 Å². The number of carbonyl (C=O) groups excluding carboxylic acids is 2. The molecule has 0 amide bonds. The van der Waals surface area contributed by atoms with Crippen LogP contribution in [0.5, 0.6) is 0 Å². The Balaban J connectivity index is 1.53. The fraction of sp³-hybridized carbons (Fsp3) is 0.371. The molecule has 0 fully saturated rings. The minimum atomic E-state index is -4.46. The number of aromatic nitrogens is 1. The first-order valence-corrected chi connectivity index (χ1v) is 14.8. The summed E-state index contributed by atoms with van der Waals surface area (Å²) >= 11 is 6.26. The molecule has 8 heteroatoms. The second kappa shape index (κ2) is 13.0. The van der Waals surface area contributed by atoms with Crippen molar-refractivity contribution in [2.45, 2.75) is 78.1 Å². The molecule has 0 bridgehead atoms. The lowest BCUT2D eigenvalue weighted by atomic mass is 9.94. The highest BCUT2D eigenvalue weighted by Crippen LogP contribution is 2.37. The van der Waals surface area contributed by atoms with Gasteiger partial charge < -0.3 is 9.30 Å². The number of benzene rings is 3. The van der Waals surface area contributed by atoms with Gasteiger partial charge in [0, 0.05) is 46.1 Å².